The monoisotopic (exact) mass is 422 g/mol. The van der Waals surface area contributed by atoms with Gasteiger partial charge in [-0.05, 0) is 48.2 Å². The van der Waals surface area contributed by atoms with Gasteiger partial charge in [-0.2, -0.15) is 0 Å². The largest absolute Gasteiger partial charge is 0.204 e. The van der Waals surface area contributed by atoms with Crippen LogP contribution in [0.3, 0.4) is 0 Å². The first kappa shape index (κ1) is 15.9. The highest BCUT2D eigenvalue weighted by atomic mass is 79.9. The second-order valence-corrected chi connectivity index (χ2v) is 6.74. The first-order valence-electron chi connectivity index (χ1n) is 5.92. The number of hydrogen-bond donors (Lipinski definition) is 0. The van der Waals surface area contributed by atoms with E-state index in [1.165, 1.54) is 6.07 Å². The van der Waals surface area contributed by atoms with E-state index in [4.69, 9.17) is 11.6 Å². The first-order chi connectivity index (χ1) is 9.40. The van der Waals surface area contributed by atoms with Crippen LogP contribution in [-0.4, -0.2) is 0 Å². The number of hydrogen-bond acceptors (Lipinski definition) is 0. The normalized spacial score (nSPS) is 12.5. The third-order valence-electron chi connectivity index (χ3n) is 3.05. The van der Waals surface area contributed by atoms with Crippen molar-refractivity contribution < 1.29 is 8.78 Å². The van der Waals surface area contributed by atoms with Crippen LogP contribution in [0.5, 0.6) is 0 Å². The summed E-state index contributed by atoms with van der Waals surface area (Å²) in [6.45, 7) is 1.97. The van der Waals surface area contributed by atoms with Crippen molar-refractivity contribution >= 4 is 43.5 Å². The summed E-state index contributed by atoms with van der Waals surface area (Å²) in [4.78, 5) is 0. The molecule has 5 heteroatoms. The molecule has 0 aliphatic carbocycles. The zero-order valence-corrected chi connectivity index (χ0v) is 14.5. The van der Waals surface area contributed by atoms with Gasteiger partial charge in [-0.15, -0.1) is 11.6 Å². The average molecular weight is 425 g/mol. The summed E-state index contributed by atoms with van der Waals surface area (Å²) in [5, 5.41) is -0.447. The molecule has 0 saturated carbocycles. The topological polar surface area (TPSA) is 0 Å². The molecule has 0 heterocycles. The molecule has 20 heavy (non-hydrogen) atoms. The van der Waals surface area contributed by atoms with Gasteiger partial charge in [0, 0.05) is 8.95 Å². The van der Waals surface area contributed by atoms with Crippen LogP contribution in [0.4, 0.5) is 8.78 Å². The molecule has 0 N–H and O–H groups in total. The summed E-state index contributed by atoms with van der Waals surface area (Å²) in [6, 6.07) is 7.97. The van der Waals surface area contributed by atoms with E-state index < -0.39 is 17.0 Å². The Kier molecular flexibility index (Phi) is 5.21. The molecule has 1 atom stereocenters. The molecular weight excluding hydrogens is 413 g/mol. The smallest absolute Gasteiger partial charge is 0.162 e. The van der Waals surface area contributed by atoms with Crippen molar-refractivity contribution in [3.8, 4) is 0 Å². The second kappa shape index (κ2) is 6.54. The van der Waals surface area contributed by atoms with Gasteiger partial charge in [0.05, 0.1) is 5.38 Å². The molecule has 1 unspecified atom stereocenters. The summed E-state index contributed by atoms with van der Waals surface area (Å²) in [7, 11) is 0. The Morgan fingerprint density at radius 3 is 2.55 bits per heavy atom. The van der Waals surface area contributed by atoms with E-state index in [0.29, 0.717) is 0 Å². The Morgan fingerprint density at radius 1 is 1.15 bits per heavy atom. The minimum atomic E-state index is -0.851. The standard InChI is InChI=1S/C15H11Br2ClF2/c1-8-5-12(17)10(7-11(8)16)13(18)6-9-3-2-4-14(19)15(9)20/h2-5,7,13H,6H2,1H3. The zero-order chi connectivity index (χ0) is 14.9. The number of aryl methyl sites for hydroxylation is 1. The van der Waals surface area contributed by atoms with Crippen molar-refractivity contribution in [3.05, 3.63) is 67.6 Å². The number of halogens is 5. The van der Waals surface area contributed by atoms with Crippen LogP contribution in [-0.2, 0) is 6.42 Å². The van der Waals surface area contributed by atoms with E-state index in [0.717, 1.165) is 26.1 Å². The van der Waals surface area contributed by atoms with Crippen LogP contribution in [0.2, 0.25) is 0 Å². The summed E-state index contributed by atoms with van der Waals surface area (Å²) in [5.74, 6) is -1.68. The highest BCUT2D eigenvalue weighted by molar-refractivity contribution is 9.11. The van der Waals surface area contributed by atoms with Crippen LogP contribution < -0.4 is 0 Å². The van der Waals surface area contributed by atoms with Gasteiger partial charge in [0.15, 0.2) is 11.6 Å². The third kappa shape index (κ3) is 3.41. The molecule has 0 saturated heterocycles. The van der Waals surface area contributed by atoms with Gasteiger partial charge in [0.2, 0.25) is 0 Å². The highest BCUT2D eigenvalue weighted by Gasteiger charge is 2.17. The fourth-order valence-electron chi connectivity index (χ4n) is 1.91. The Labute approximate surface area is 138 Å². The SMILES string of the molecule is Cc1cc(Br)c(C(Cl)Cc2cccc(F)c2F)cc1Br. The summed E-state index contributed by atoms with van der Waals surface area (Å²) < 4.78 is 28.6. The molecule has 0 aliphatic rings. The molecule has 2 rings (SSSR count). The Morgan fingerprint density at radius 2 is 1.85 bits per heavy atom. The lowest BCUT2D eigenvalue weighted by atomic mass is 10.0. The van der Waals surface area contributed by atoms with E-state index in [2.05, 4.69) is 31.9 Å². The molecule has 2 aromatic carbocycles. The fraction of sp³-hybridized carbons (Fsp3) is 0.200. The quantitative estimate of drug-likeness (QED) is 0.506. The molecule has 0 amide bonds. The third-order valence-corrected chi connectivity index (χ3v) is 4.98. The van der Waals surface area contributed by atoms with Crippen molar-refractivity contribution in [3.63, 3.8) is 0 Å². The van der Waals surface area contributed by atoms with Crippen molar-refractivity contribution in [2.24, 2.45) is 0 Å². The van der Waals surface area contributed by atoms with Gasteiger partial charge < -0.3 is 0 Å². The molecular formula is C15H11Br2ClF2. The van der Waals surface area contributed by atoms with E-state index in [-0.39, 0.29) is 12.0 Å². The van der Waals surface area contributed by atoms with Gasteiger partial charge >= 0.3 is 0 Å². The van der Waals surface area contributed by atoms with E-state index in [1.54, 1.807) is 6.07 Å². The Bertz CT molecular complexity index is 644. The molecule has 0 fully saturated rings. The van der Waals surface area contributed by atoms with E-state index >= 15 is 0 Å². The molecule has 0 aliphatic heterocycles. The van der Waals surface area contributed by atoms with Crippen LogP contribution in [0.25, 0.3) is 0 Å². The van der Waals surface area contributed by atoms with Gasteiger partial charge in [-0.3, -0.25) is 0 Å². The van der Waals surface area contributed by atoms with Crippen molar-refractivity contribution in [1.82, 2.24) is 0 Å². The Balaban J connectivity index is 2.31. The molecule has 0 nitrogen and oxygen atoms in total. The predicted molar refractivity (Wildman–Crippen MR) is 85.2 cm³/mol. The average Bonchev–Trinajstić information content (AvgIpc) is 2.39. The van der Waals surface area contributed by atoms with Crippen LogP contribution in [0.15, 0.2) is 39.3 Å². The first-order valence-corrected chi connectivity index (χ1v) is 7.95. The summed E-state index contributed by atoms with van der Waals surface area (Å²) in [5.41, 5.74) is 2.18. The lowest BCUT2D eigenvalue weighted by Gasteiger charge is -2.14. The molecule has 0 bridgehead atoms. The van der Waals surface area contributed by atoms with Crippen LogP contribution in [0, 0.1) is 18.6 Å². The number of rotatable bonds is 3. The highest BCUT2D eigenvalue weighted by Crippen LogP contribution is 2.35. The van der Waals surface area contributed by atoms with Crippen molar-refractivity contribution in [2.75, 3.05) is 0 Å². The maximum atomic E-state index is 13.7. The number of benzene rings is 2. The molecule has 0 radical (unpaired) electrons. The second-order valence-electron chi connectivity index (χ2n) is 4.51. The van der Waals surface area contributed by atoms with Crippen molar-refractivity contribution in [1.29, 1.82) is 0 Å². The molecule has 2 aromatic rings. The van der Waals surface area contributed by atoms with Crippen molar-refractivity contribution in [2.45, 2.75) is 18.7 Å². The molecule has 106 valence electrons. The zero-order valence-electron chi connectivity index (χ0n) is 10.6. The molecule has 0 aromatic heterocycles. The maximum absolute atomic E-state index is 13.7. The van der Waals surface area contributed by atoms with Crippen LogP contribution in [0.1, 0.15) is 22.1 Å². The lowest BCUT2D eigenvalue weighted by molar-refractivity contribution is 0.498. The van der Waals surface area contributed by atoms with E-state index in [1.807, 2.05) is 19.1 Å². The van der Waals surface area contributed by atoms with Gasteiger partial charge in [0.25, 0.3) is 0 Å². The van der Waals surface area contributed by atoms with Gasteiger partial charge in [0.1, 0.15) is 0 Å². The maximum Gasteiger partial charge on any atom is 0.162 e. The van der Waals surface area contributed by atoms with Gasteiger partial charge in [-0.25, -0.2) is 8.78 Å². The predicted octanol–water partition coefficient (Wildman–Crippen LogP) is 6.32. The number of alkyl halides is 1. The van der Waals surface area contributed by atoms with Gasteiger partial charge in [-0.1, -0.05) is 44.0 Å². The lowest BCUT2D eigenvalue weighted by Crippen LogP contribution is -2.01. The summed E-state index contributed by atoms with van der Waals surface area (Å²) in [6.07, 6.45) is 0.221. The molecule has 0 spiro atoms. The van der Waals surface area contributed by atoms with E-state index in [9.17, 15) is 8.78 Å². The Hall–Kier alpha value is -0.450. The van der Waals surface area contributed by atoms with Crippen LogP contribution >= 0.6 is 43.5 Å². The minimum absolute atomic E-state index is 0.221. The minimum Gasteiger partial charge on any atom is -0.204 e. The summed E-state index contributed by atoms with van der Waals surface area (Å²) >= 11 is 13.3. The fourth-order valence-corrected chi connectivity index (χ4v) is 3.48.